The molecule has 4 nitrogen and oxygen atoms in total. The third-order valence-electron chi connectivity index (χ3n) is 5.38. The standard InChI is InChI=1S/C26H36N2O2/c1-6-22-11-13-23(14-12-22)15-16-25(29)28(18-24-9-7-20(4)8-10-24)21(5)26(30)27-17-19(2)3/h7-14,19,21H,6,15-18H2,1-5H3,(H,27,30)/t21-/m1/s1. The number of carbonyl (C=O) groups excluding carboxylic acids is 2. The molecular formula is C26H36N2O2. The Labute approximate surface area is 181 Å². The van der Waals surface area contributed by atoms with Gasteiger partial charge in [-0.1, -0.05) is 74.9 Å². The summed E-state index contributed by atoms with van der Waals surface area (Å²) in [6.07, 6.45) is 2.07. The quantitative estimate of drug-likeness (QED) is 0.620. The van der Waals surface area contributed by atoms with Crippen LogP contribution in [0.25, 0.3) is 0 Å². The molecule has 2 amide bonds. The molecule has 0 radical (unpaired) electrons. The molecule has 1 N–H and O–H groups in total. The van der Waals surface area contributed by atoms with Gasteiger partial charge in [-0.3, -0.25) is 9.59 Å². The second kappa shape index (κ2) is 11.5. The Morgan fingerprint density at radius 3 is 2.03 bits per heavy atom. The van der Waals surface area contributed by atoms with Crippen molar-refractivity contribution in [1.29, 1.82) is 0 Å². The number of hydrogen-bond donors (Lipinski definition) is 1. The number of nitrogens with one attached hydrogen (secondary N) is 1. The van der Waals surface area contributed by atoms with Crippen LogP contribution in [-0.2, 0) is 29.0 Å². The Kier molecular flexibility index (Phi) is 9.10. The first-order chi connectivity index (χ1) is 14.3. The van der Waals surface area contributed by atoms with E-state index in [1.807, 2.05) is 38.1 Å². The molecule has 30 heavy (non-hydrogen) atoms. The molecule has 0 unspecified atom stereocenters. The summed E-state index contributed by atoms with van der Waals surface area (Å²) in [5, 5.41) is 2.97. The Balaban J connectivity index is 2.10. The molecular weight excluding hydrogens is 372 g/mol. The average Bonchev–Trinajstić information content (AvgIpc) is 2.75. The molecule has 162 valence electrons. The highest BCUT2D eigenvalue weighted by atomic mass is 16.2. The van der Waals surface area contributed by atoms with E-state index in [0.717, 1.165) is 17.5 Å². The maximum atomic E-state index is 13.1. The van der Waals surface area contributed by atoms with Crippen molar-refractivity contribution >= 4 is 11.8 Å². The highest BCUT2D eigenvalue weighted by molar-refractivity contribution is 5.87. The lowest BCUT2D eigenvalue weighted by Crippen LogP contribution is -2.48. The van der Waals surface area contributed by atoms with Gasteiger partial charge < -0.3 is 10.2 Å². The zero-order valence-corrected chi connectivity index (χ0v) is 19.1. The third-order valence-corrected chi connectivity index (χ3v) is 5.38. The van der Waals surface area contributed by atoms with Gasteiger partial charge in [-0.2, -0.15) is 0 Å². The Bertz CT molecular complexity index is 810. The first kappa shape index (κ1) is 23.7. The van der Waals surface area contributed by atoms with E-state index in [1.54, 1.807) is 4.90 Å². The van der Waals surface area contributed by atoms with E-state index < -0.39 is 6.04 Å². The Morgan fingerprint density at radius 2 is 1.47 bits per heavy atom. The van der Waals surface area contributed by atoms with Crippen molar-refractivity contribution in [3.63, 3.8) is 0 Å². The lowest BCUT2D eigenvalue weighted by atomic mass is 10.0. The molecule has 0 bridgehead atoms. The van der Waals surface area contributed by atoms with Crippen LogP contribution in [-0.4, -0.2) is 29.3 Å². The summed E-state index contributed by atoms with van der Waals surface area (Å²) < 4.78 is 0. The van der Waals surface area contributed by atoms with Crippen molar-refractivity contribution in [2.45, 2.75) is 66.5 Å². The van der Waals surface area contributed by atoms with Crippen molar-refractivity contribution in [1.82, 2.24) is 10.2 Å². The van der Waals surface area contributed by atoms with E-state index in [4.69, 9.17) is 0 Å². The molecule has 0 aliphatic heterocycles. The van der Waals surface area contributed by atoms with Crippen LogP contribution in [0.3, 0.4) is 0 Å². The molecule has 2 aromatic rings. The summed E-state index contributed by atoms with van der Waals surface area (Å²) >= 11 is 0. The van der Waals surface area contributed by atoms with E-state index in [-0.39, 0.29) is 11.8 Å². The van der Waals surface area contributed by atoms with Crippen LogP contribution in [0, 0.1) is 12.8 Å². The van der Waals surface area contributed by atoms with E-state index in [9.17, 15) is 9.59 Å². The highest BCUT2D eigenvalue weighted by Gasteiger charge is 2.25. The number of carbonyl (C=O) groups is 2. The summed E-state index contributed by atoms with van der Waals surface area (Å²) in [6, 6.07) is 16.0. The van der Waals surface area contributed by atoms with E-state index in [2.05, 4.69) is 50.4 Å². The van der Waals surface area contributed by atoms with Crippen LogP contribution >= 0.6 is 0 Å². The van der Waals surface area contributed by atoms with Gasteiger partial charge in [0.2, 0.25) is 11.8 Å². The van der Waals surface area contributed by atoms with Crippen molar-refractivity contribution in [2.75, 3.05) is 6.54 Å². The van der Waals surface area contributed by atoms with Crippen LogP contribution in [0.15, 0.2) is 48.5 Å². The van der Waals surface area contributed by atoms with E-state index in [0.29, 0.717) is 31.8 Å². The predicted molar refractivity (Wildman–Crippen MR) is 123 cm³/mol. The fraction of sp³-hybridized carbons (Fsp3) is 0.462. The van der Waals surface area contributed by atoms with Gasteiger partial charge in [0.05, 0.1) is 0 Å². The van der Waals surface area contributed by atoms with Crippen LogP contribution in [0.1, 0.15) is 56.4 Å². The smallest absolute Gasteiger partial charge is 0.242 e. The molecule has 2 rings (SSSR count). The number of benzene rings is 2. The molecule has 4 heteroatoms. The van der Waals surface area contributed by atoms with Crippen LogP contribution in [0.5, 0.6) is 0 Å². The Hall–Kier alpha value is -2.62. The minimum atomic E-state index is -0.514. The number of amides is 2. The SMILES string of the molecule is CCc1ccc(CCC(=O)N(Cc2ccc(C)cc2)[C@H](C)C(=O)NCC(C)C)cc1. The minimum Gasteiger partial charge on any atom is -0.354 e. The second-order valence-electron chi connectivity index (χ2n) is 8.49. The molecule has 1 atom stereocenters. The van der Waals surface area contributed by atoms with Crippen LogP contribution in [0.2, 0.25) is 0 Å². The van der Waals surface area contributed by atoms with Gasteiger partial charge in [0.15, 0.2) is 0 Å². The number of hydrogen-bond acceptors (Lipinski definition) is 2. The number of rotatable bonds is 10. The number of nitrogens with zero attached hydrogens (tertiary/aromatic N) is 1. The molecule has 0 aliphatic rings. The summed E-state index contributed by atoms with van der Waals surface area (Å²) in [5.74, 6) is 0.271. The average molecular weight is 409 g/mol. The third kappa shape index (κ3) is 7.33. The minimum absolute atomic E-state index is 0.00217. The molecule has 0 saturated heterocycles. The molecule has 0 saturated carbocycles. The molecule has 0 spiro atoms. The zero-order valence-electron chi connectivity index (χ0n) is 19.1. The predicted octanol–water partition coefficient (Wildman–Crippen LogP) is 4.68. The molecule has 0 fully saturated rings. The molecule has 2 aromatic carbocycles. The van der Waals surface area contributed by atoms with Gasteiger partial charge in [-0.25, -0.2) is 0 Å². The van der Waals surface area contributed by atoms with Crippen molar-refractivity contribution in [3.8, 4) is 0 Å². The Morgan fingerprint density at radius 1 is 0.900 bits per heavy atom. The second-order valence-corrected chi connectivity index (χ2v) is 8.49. The van der Waals surface area contributed by atoms with Gasteiger partial charge in [-0.15, -0.1) is 0 Å². The fourth-order valence-corrected chi connectivity index (χ4v) is 3.26. The van der Waals surface area contributed by atoms with Gasteiger partial charge in [0.25, 0.3) is 0 Å². The zero-order chi connectivity index (χ0) is 22.1. The lowest BCUT2D eigenvalue weighted by Gasteiger charge is -2.29. The summed E-state index contributed by atoms with van der Waals surface area (Å²) in [5.41, 5.74) is 4.65. The topological polar surface area (TPSA) is 49.4 Å². The maximum absolute atomic E-state index is 13.1. The van der Waals surface area contributed by atoms with Crippen molar-refractivity contribution < 1.29 is 9.59 Å². The van der Waals surface area contributed by atoms with Gasteiger partial charge in [0, 0.05) is 19.5 Å². The lowest BCUT2D eigenvalue weighted by molar-refractivity contribution is -0.140. The highest BCUT2D eigenvalue weighted by Crippen LogP contribution is 2.14. The van der Waals surface area contributed by atoms with Crippen molar-refractivity contribution in [3.05, 3.63) is 70.8 Å². The van der Waals surface area contributed by atoms with E-state index in [1.165, 1.54) is 11.1 Å². The van der Waals surface area contributed by atoms with E-state index >= 15 is 0 Å². The first-order valence-electron chi connectivity index (χ1n) is 11.0. The van der Waals surface area contributed by atoms with Crippen LogP contribution in [0.4, 0.5) is 0 Å². The molecule has 0 aromatic heterocycles. The largest absolute Gasteiger partial charge is 0.354 e. The summed E-state index contributed by atoms with van der Waals surface area (Å²) in [4.78, 5) is 27.5. The normalized spacial score (nSPS) is 11.9. The summed E-state index contributed by atoms with van der Waals surface area (Å²) in [6.45, 7) is 11.2. The van der Waals surface area contributed by atoms with Crippen LogP contribution < -0.4 is 5.32 Å². The van der Waals surface area contributed by atoms with Gasteiger partial charge in [0.1, 0.15) is 6.04 Å². The maximum Gasteiger partial charge on any atom is 0.242 e. The molecule has 0 heterocycles. The van der Waals surface area contributed by atoms with Gasteiger partial charge >= 0.3 is 0 Å². The summed E-state index contributed by atoms with van der Waals surface area (Å²) in [7, 11) is 0. The van der Waals surface area contributed by atoms with Crippen molar-refractivity contribution in [2.24, 2.45) is 5.92 Å². The number of aryl methyl sites for hydroxylation is 3. The van der Waals surface area contributed by atoms with Gasteiger partial charge in [-0.05, 0) is 49.3 Å². The molecule has 0 aliphatic carbocycles. The first-order valence-corrected chi connectivity index (χ1v) is 11.0. The monoisotopic (exact) mass is 408 g/mol. The fourth-order valence-electron chi connectivity index (χ4n) is 3.26.